The maximum absolute atomic E-state index is 12.5. The molecule has 101 heavy (non-hydrogen) atoms. The van der Waals surface area contributed by atoms with Crippen molar-refractivity contribution >= 4 is 58.1 Å². The van der Waals surface area contributed by atoms with E-state index in [-0.39, 0.29) is 86.2 Å². The summed E-state index contributed by atoms with van der Waals surface area (Å²) in [5.74, 6) is 0.375. The molecule has 12 aromatic rings. The Morgan fingerprint density at radius 3 is 1.08 bits per heavy atom. The molecule has 46 heteroatoms. The number of halogens is 17. The van der Waals surface area contributed by atoms with Gasteiger partial charge in [0.05, 0.1) is 88.3 Å². The van der Waals surface area contributed by atoms with Gasteiger partial charge in [0, 0.05) is 62.0 Å². The van der Waals surface area contributed by atoms with Crippen molar-refractivity contribution in [2.75, 3.05) is 16.4 Å². The van der Waals surface area contributed by atoms with E-state index < -0.39 is 58.7 Å². The van der Waals surface area contributed by atoms with Crippen molar-refractivity contribution in [2.24, 2.45) is 10.9 Å². The normalized spacial score (nSPS) is 11.4. The van der Waals surface area contributed by atoms with E-state index in [1.54, 1.807) is 24.3 Å². The highest BCUT2D eigenvalue weighted by Crippen LogP contribution is 2.34. The van der Waals surface area contributed by atoms with E-state index in [9.17, 15) is 65.9 Å². The van der Waals surface area contributed by atoms with E-state index in [4.69, 9.17) is 68.1 Å². The number of nitriles is 2. The van der Waals surface area contributed by atoms with Gasteiger partial charge >= 0.3 is 30.9 Å². The molecule has 0 aliphatic rings. The number of anilines is 5. The van der Waals surface area contributed by atoms with Gasteiger partial charge in [-0.2, -0.15) is 76.4 Å². The molecule has 12 heterocycles. The summed E-state index contributed by atoms with van der Waals surface area (Å²) in [5.41, 5.74) is 8.58. The minimum Gasteiger partial charge on any atom is -0.440 e. The molecule has 12 rings (SSSR count). The minimum absolute atomic E-state index is 0.00704. The van der Waals surface area contributed by atoms with Gasteiger partial charge in [-0.25, -0.2) is 79.7 Å². The van der Waals surface area contributed by atoms with Gasteiger partial charge in [0.25, 0.3) is 17.4 Å². The zero-order valence-corrected chi connectivity index (χ0v) is 50.5. The summed E-state index contributed by atoms with van der Waals surface area (Å²) < 4.78 is 204. The summed E-state index contributed by atoms with van der Waals surface area (Å²) in [4.78, 5) is 61.5. The fourth-order valence-electron chi connectivity index (χ4n) is 6.34. The minimum atomic E-state index is -4.52. The molecule has 0 aliphatic carbocycles. The van der Waals surface area contributed by atoms with Crippen molar-refractivity contribution in [2.45, 2.75) is 30.9 Å². The van der Waals surface area contributed by atoms with E-state index in [1.807, 2.05) is 12.1 Å². The molecule has 0 aliphatic heterocycles. The number of hydrogen-bond acceptors (Lipinski definition) is 28. The Morgan fingerprint density at radius 2 is 0.772 bits per heavy atom. The number of nitrogens with zero attached hydrogens (tertiary/aromatic N) is 20. The van der Waals surface area contributed by atoms with Crippen LogP contribution in [0.25, 0.3) is 46.3 Å². The Hall–Kier alpha value is -13.1. The molecule has 0 atom stereocenters. The number of aromatic nitrogens is 17. The second-order valence-corrected chi connectivity index (χ2v) is 18.8. The molecule has 0 unspecified atom stereocenters. The lowest BCUT2D eigenvalue weighted by Gasteiger charge is -2.05. The fourth-order valence-corrected chi connectivity index (χ4v) is 6.57. The van der Waals surface area contributed by atoms with Crippen molar-refractivity contribution in [3.63, 3.8) is 0 Å². The highest BCUT2D eigenvalue weighted by Gasteiger charge is 2.35. The Kier molecular flexibility index (Phi) is 24.7. The zero-order valence-electron chi connectivity index (χ0n) is 49.0. The van der Waals surface area contributed by atoms with Gasteiger partial charge in [0.15, 0.2) is 58.6 Å². The van der Waals surface area contributed by atoms with E-state index in [2.05, 4.69) is 101 Å². The topological polar surface area (TPSA) is 428 Å². The fraction of sp³-hybridized carbons (Fsp3) is 0.0909. The lowest BCUT2D eigenvalue weighted by molar-refractivity contribution is -0.138. The number of hydrogen-bond donors (Lipinski definition) is 5. The number of nitrogens with one attached hydrogen (secondary N) is 2. The van der Waals surface area contributed by atoms with Crippen LogP contribution in [0.15, 0.2) is 171 Å². The number of nitrogen functional groups attached to an aromatic ring is 1. The third-order valence-corrected chi connectivity index (χ3v) is 11.5. The quantitative estimate of drug-likeness (QED) is 0.0224. The van der Waals surface area contributed by atoms with E-state index in [0.717, 1.165) is 6.39 Å². The van der Waals surface area contributed by atoms with Crippen LogP contribution in [0.1, 0.15) is 44.9 Å². The highest BCUT2D eigenvalue weighted by atomic mass is 35.5. The van der Waals surface area contributed by atoms with E-state index in [1.165, 1.54) is 55.5 Å². The van der Waals surface area contributed by atoms with Crippen LogP contribution >= 0.6 is 23.2 Å². The van der Waals surface area contributed by atoms with Crippen LogP contribution < -0.4 is 22.1 Å². The summed E-state index contributed by atoms with van der Waals surface area (Å²) in [6.07, 6.45) is -5.14. The molecule has 0 saturated heterocycles. The molecule has 29 nitrogen and oxygen atoms in total. The first-order chi connectivity index (χ1) is 47.7. The molecule has 0 spiro atoms. The van der Waals surface area contributed by atoms with Gasteiger partial charge in [-0.3, -0.25) is 4.98 Å². The lowest BCUT2D eigenvalue weighted by Crippen LogP contribution is -2.14. The summed E-state index contributed by atoms with van der Waals surface area (Å²) in [6, 6.07) is 13.3. The predicted molar refractivity (Wildman–Crippen MR) is 313 cm³/mol. The van der Waals surface area contributed by atoms with Crippen LogP contribution in [-0.2, 0) is 30.9 Å². The van der Waals surface area contributed by atoms with Crippen LogP contribution in [0, 0.1) is 22.7 Å². The Labute approximate surface area is 560 Å². The average molecular weight is 1460 g/mol. The number of pyridine rings is 3. The molecule has 0 bridgehead atoms. The molecular formula is C55H31Cl2F15N24O5. The van der Waals surface area contributed by atoms with Crippen molar-refractivity contribution in [3.8, 4) is 58.5 Å². The number of rotatable bonds is 9. The van der Waals surface area contributed by atoms with Crippen molar-refractivity contribution < 1.29 is 88.7 Å². The molecule has 0 aromatic carbocycles. The number of oxime groups is 1. The zero-order chi connectivity index (χ0) is 73.7. The van der Waals surface area contributed by atoms with Gasteiger partial charge in [-0.15, -0.1) is 0 Å². The van der Waals surface area contributed by atoms with Crippen molar-refractivity contribution in [3.05, 3.63) is 204 Å². The Morgan fingerprint density at radius 1 is 0.416 bits per heavy atom. The second kappa shape index (κ2) is 33.2. The maximum atomic E-state index is 12.5. The van der Waals surface area contributed by atoms with Crippen molar-refractivity contribution in [1.82, 2.24) is 84.7 Å². The largest absolute Gasteiger partial charge is 0.440 e. The van der Waals surface area contributed by atoms with E-state index in [0.29, 0.717) is 84.7 Å². The standard InChI is InChI=1S/C14H10F3N7O2.C14H7F3N6O.C8H3ClF3N3O.C8H4F3N3O.C6H5N3.C5H2ClF3N2/c15-14(16,17)7-3-20-12(21-4-7)10-6-22-13(26-10)23-8-1-2-9(19-5-8)11(18)24-25;15-14(16,17)8-4-20-12(21-5-8)11-7-22-13(24-11)23-10-2-1-9(3-18)19-6-10;9-7-15-3-5(16-7)6-13-1-4(2-14-6)8(10,11)12;9-8(10,11)5-1-13-7(14-2-5)6-3-12-4-15-6;7-3-6-2-1-5(8)4-9-6;6-4-10-1-3(2-11-4)5(7,8)9/h1-6,25H,(H2,18,24)(H,22,23);1-2,4-7H,(H,22,23);1-3H;1-4H;1-2,4H,8H2;1-2H. The van der Waals surface area contributed by atoms with Crippen LogP contribution in [0.2, 0.25) is 10.6 Å². The first-order valence-electron chi connectivity index (χ1n) is 26.2. The van der Waals surface area contributed by atoms with Gasteiger partial charge in [0.2, 0.25) is 5.28 Å². The van der Waals surface area contributed by atoms with E-state index >= 15 is 0 Å². The molecule has 520 valence electrons. The number of alkyl halides is 15. The average Bonchev–Trinajstić information content (AvgIpc) is 1.82. The summed E-state index contributed by atoms with van der Waals surface area (Å²) in [5, 5.41) is 33.6. The first kappa shape index (κ1) is 75.3. The molecule has 0 radical (unpaired) electrons. The Balaban J connectivity index is 0.000000176. The van der Waals surface area contributed by atoms with Gasteiger partial charge in [-0.05, 0) is 59.6 Å². The molecule has 0 fully saturated rings. The second-order valence-electron chi connectivity index (χ2n) is 18.1. The maximum Gasteiger partial charge on any atom is 0.419 e. The third-order valence-electron chi connectivity index (χ3n) is 11.1. The number of nitrogens with two attached hydrogens (primary N) is 2. The summed E-state index contributed by atoms with van der Waals surface area (Å²) >= 11 is 10.6. The van der Waals surface area contributed by atoms with Gasteiger partial charge in [0.1, 0.15) is 29.2 Å². The molecule has 0 amide bonds. The smallest absolute Gasteiger partial charge is 0.419 e. The van der Waals surface area contributed by atoms with Crippen LogP contribution in [0.3, 0.4) is 0 Å². The molecule has 0 saturated carbocycles. The number of amidine groups is 1. The molecule has 7 N–H and O–H groups in total. The van der Waals surface area contributed by atoms with Crippen LogP contribution in [-0.4, -0.2) is 95.8 Å². The predicted octanol–water partition coefficient (Wildman–Crippen LogP) is 13.2. The van der Waals surface area contributed by atoms with Crippen LogP contribution in [0.5, 0.6) is 0 Å². The SMILES string of the molecule is FC(F)(F)c1cnc(-c2cnc(Cl)o2)nc1.FC(F)(F)c1cnc(-c2cnco2)nc1.FC(F)(F)c1cnc(Cl)nc1.N#Cc1ccc(N)cn1.N#Cc1ccc(Nc2ncc(-c3ncc(C(F)(F)F)cn3)o2)cn1.N/C(=N/O)c1ccc(Nc2ncc(-c3ncc(C(F)(F)F)cn3)o2)cn1. The van der Waals surface area contributed by atoms with Gasteiger partial charge in [-0.1, -0.05) is 5.16 Å². The molecule has 12 aromatic heterocycles. The highest BCUT2D eigenvalue weighted by molar-refractivity contribution is 6.28. The van der Waals surface area contributed by atoms with Crippen LogP contribution in [0.4, 0.5) is 94.9 Å². The Bertz CT molecular complexity index is 4690. The first-order valence-corrected chi connectivity index (χ1v) is 26.9. The van der Waals surface area contributed by atoms with Crippen molar-refractivity contribution in [1.29, 1.82) is 10.5 Å². The lowest BCUT2D eigenvalue weighted by atomic mass is 10.3. The third kappa shape index (κ3) is 23.0. The molecular weight excluding hydrogens is 1430 g/mol. The number of oxazole rings is 4. The summed E-state index contributed by atoms with van der Waals surface area (Å²) in [7, 11) is 0. The summed E-state index contributed by atoms with van der Waals surface area (Å²) in [6.45, 7) is 0. The van der Waals surface area contributed by atoms with Gasteiger partial charge < -0.3 is 45.0 Å². The monoisotopic (exact) mass is 1460 g/mol.